The second-order valence-electron chi connectivity index (χ2n) is 6.63. The van der Waals surface area contributed by atoms with E-state index in [1.54, 1.807) is 24.3 Å². The fourth-order valence-electron chi connectivity index (χ4n) is 3.15. The highest BCUT2D eigenvalue weighted by Gasteiger charge is 2.20. The van der Waals surface area contributed by atoms with E-state index in [4.69, 9.17) is 11.6 Å². The quantitative estimate of drug-likeness (QED) is 0.845. The van der Waals surface area contributed by atoms with Gasteiger partial charge in [-0.25, -0.2) is 0 Å². The molecule has 0 bridgehead atoms. The number of halogens is 1. The summed E-state index contributed by atoms with van der Waals surface area (Å²) in [6, 6.07) is 14.6. The normalized spacial score (nSPS) is 14.1. The number of hydrogen-bond acceptors (Lipinski definition) is 3. The van der Waals surface area contributed by atoms with Crippen LogP contribution < -0.4 is 10.2 Å². The second-order valence-corrected chi connectivity index (χ2v) is 7.06. The van der Waals surface area contributed by atoms with Crippen LogP contribution in [-0.4, -0.2) is 42.9 Å². The predicted octanol–water partition coefficient (Wildman–Crippen LogP) is 4.04. The zero-order valence-electron chi connectivity index (χ0n) is 15.5. The molecule has 0 spiro atoms. The van der Waals surface area contributed by atoms with Crippen molar-refractivity contribution in [3.8, 4) is 0 Å². The van der Waals surface area contributed by atoms with Crippen molar-refractivity contribution in [2.75, 3.05) is 36.4 Å². The van der Waals surface area contributed by atoms with Crippen LogP contribution in [-0.2, 0) is 4.79 Å². The number of rotatable bonds is 5. The van der Waals surface area contributed by atoms with Crippen LogP contribution in [0.1, 0.15) is 30.1 Å². The summed E-state index contributed by atoms with van der Waals surface area (Å²) in [6.07, 6.45) is 1.52. The van der Waals surface area contributed by atoms with E-state index >= 15 is 0 Å². The van der Waals surface area contributed by atoms with Crippen molar-refractivity contribution in [2.24, 2.45) is 0 Å². The van der Waals surface area contributed by atoms with Gasteiger partial charge in [0.1, 0.15) is 0 Å². The van der Waals surface area contributed by atoms with Crippen molar-refractivity contribution in [2.45, 2.75) is 19.8 Å². The van der Waals surface area contributed by atoms with Crippen molar-refractivity contribution in [3.63, 3.8) is 0 Å². The van der Waals surface area contributed by atoms with Gasteiger partial charge in [-0.05, 0) is 55.0 Å². The molecule has 1 N–H and O–H groups in total. The van der Waals surface area contributed by atoms with Crippen molar-refractivity contribution in [1.82, 2.24) is 4.90 Å². The first kappa shape index (κ1) is 19.2. The minimum absolute atomic E-state index is 0.164. The molecule has 6 heteroatoms. The van der Waals surface area contributed by atoms with Gasteiger partial charge in [0.15, 0.2) is 0 Å². The maximum absolute atomic E-state index is 12.3. The van der Waals surface area contributed by atoms with Crippen LogP contribution in [0.25, 0.3) is 0 Å². The molecule has 0 atom stereocenters. The zero-order chi connectivity index (χ0) is 19.2. The highest BCUT2D eigenvalue weighted by atomic mass is 35.5. The van der Waals surface area contributed by atoms with E-state index < -0.39 is 0 Å². The zero-order valence-corrected chi connectivity index (χ0v) is 16.2. The minimum Gasteiger partial charge on any atom is -0.368 e. The number of nitrogens with one attached hydrogen (secondary N) is 1. The van der Waals surface area contributed by atoms with Crippen LogP contribution in [0.2, 0.25) is 5.02 Å². The number of nitrogens with zero attached hydrogens (tertiary/aromatic N) is 2. The fourth-order valence-corrected chi connectivity index (χ4v) is 3.27. The third kappa shape index (κ3) is 5.01. The molecule has 1 heterocycles. The topological polar surface area (TPSA) is 52.7 Å². The summed E-state index contributed by atoms with van der Waals surface area (Å²) < 4.78 is 0. The number of carbonyl (C=O) groups is 2. The van der Waals surface area contributed by atoms with Crippen LogP contribution >= 0.6 is 11.6 Å². The van der Waals surface area contributed by atoms with Crippen LogP contribution in [0.15, 0.2) is 48.5 Å². The van der Waals surface area contributed by atoms with Gasteiger partial charge in [0, 0.05) is 54.6 Å². The fraction of sp³-hybridized carbons (Fsp3) is 0.333. The monoisotopic (exact) mass is 385 g/mol. The van der Waals surface area contributed by atoms with Crippen molar-refractivity contribution in [3.05, 3.63) is 59.1 Å². The molecule has 0 saturated carbocycles. The highest BCUT2D eigenvalue weighted by molar-refractivity contribution is 6.30. The standard InChI is InChI=1S/C21H24ClN3O2/c1-2-3-20(26)25-14-12-24(13-15-25)19-10-8-18(9-11-19)23-21(27)16-4-6-17(22)7-5-16/h4-11H,2-3,12-15H2,1H3,(H,23,27). The number of amides is 2. The third-order valence-electron chi connectivity index (χ3n) is 4.69. The van der Waals surface area contributed by atoms with E-state index in [1.165, 1.54) is 0 Å². The van der Waals surface area contributed by atoms with E-state index in [2.05, 4.69) is 10.2 Å². The second kappa shape index (κ2) is 8.91. The van der Waals surface area contributed by atoms with Gasteiger partial charge < -0.3 is 15.1 Å². The first-order valence-electron chi connectivity index (χ1n) is 9.26. The molecule has 1 fully saturated rings. The maximum Gasteiger partial charge on any atom is 0.255 e. The number of benzene rings is 2. The summed E-state index contributed by atoms with van der Waals surface area (Å²) in [5, 5.41) is 3.49. The van der Waals surface area contributed by atoms with Gasteiger partial charge in [-0.15, -0.1) is 0 Å². The summed E-state index contributed by atoms with van der Waals surface area (Å²) in [5.41, 5.74) is 2.41. The van der Waals surface area contributed by atoms with Crippen molar-refractivity contribution < 1.29 is 9.59 Å². The Morgan fingerprint density at radius 3 is 2.19 bits per heavy atom. The van der Waals surface area contributed by atoms with Crippen LogP contribution in [0, 0.1) is 0 Å². The van der Waals surface area contributed by atoms with Gasteiger partial charge in [0.25, 0.3) is 5.91 Å². The van der Waals surface area contributed by atoms with Crippen LogP contribution in [0.5, 0.6) is 0 Å². The first-order valence-corrected chi connectivity index (χ1v) is 9.64. The average Bonchev–Trinajstić information content (AvgIpc) is 2.69. The Morgan fingerprint density at radius 1 is 0.963 bits per heavy atom. The first-order chi connectivity index (χ1) is 13.1. The Hall–Kier alpha value is -2.53. The summed E-state index contributed by atoms with van der Waals surface area (Å²) in [7, 11) is 0. The Labute approximate surface area is 164 Å². The number of piperazine rings is 1. The lowest BCUT2D eigenvalue weighted by Gasteiger charge is -2.36. The van der Waals surface area contributed by atoms with E-state index in [0.29, 0.717) is 17.0 Å². The minimum atomic E-state index is -0.164. The van der Waals surface area contributed by atoms with Crippen molar-refractivity contribution >= 4 is 34.8 Å². The molecule has 27 heavy (non-hydrogen) atoms. The molecule has 2 aromatic carbocycles. The van der Waals surface area contributed by atoms with Crippen LogP contribution in [0.4, 0.5) is 11.4 Å². The maximum atomic E-state index is 12.3. The summed E-state index contributed by atoms with van der Waals surface area (Å²) in [4.78, 5) is 28.5. The van der Waals surface area contributed by atoms with Gasteiger partial charge in [0.05, 0.1) is 0 Å². The average molecular weight is 386 g/mol. The predicted molar refractivity (Wildman–Crippen MR) is 110 cm³/mol. The summed E-state index contributed by atoms with van der Waals surface area (Å²) in [5.74, 6) is 0.0832. The van der Waals surface area contributed by atoms with Crippen molar-refractivity contribution in [1.29, 1.82) is 0 Å². The Balaban J connectivity index is 1.55. The lowest BCUT2D eigenvalue weighted by atomic mass is 10.2. The third-order valence-corrected chi connectivity index (χ3v) is 4.94. The molecule has 0 unspecified atom stereocenters. The molecule has 2 aromatic rings. The van der Waals surface area contributed by atoms with E-state index in [0.717, 1.165) is 44.0 Å². The SMILES string of the molecule is CCCC(=O)N1CCN(c2ccc(NC(=O)c3ccc(Cl)cc3)cc2)CC1. The molecule has 5 nitrogen and oxygen atoms in total. The smallest absolute Gasteiger partial charge is 0.255 e. The summed E-state index contributed by atoms with van der Waals surface area (Å²) >= 11 is 5.85. The number of carbonyl (C=O) groups excluding carboxylic acids is 2. The van der Waals surface area contributed by atoms with E-state index in [9.17, 15) is 9.59 Å². The molecule has 1 aliphatic heterocycles. The van der Waals surface area contributed by atoms with Gasteiger partial charge in [-0.2, -0.15) is 0 Å². The molecule has 0 aliphatic carbocycles. The largest absolute Gasteiger partial charge is 0.368 e. The van der Waals surface area contributed by atoms with E-state index in [-0.39, 0.29) is 11.8 Å². The molecule has 0 radical (unpaired) electrons. The Bertz CT molecular complexity index is 782. The highest BCUT2D eigenvalue weighted by Crippen LogP contribution is 2.20. The van der Waals surface area contributed by atoms with Gasteiger partial charge in [-0.3, -0.25) is 9.59 Å². The van der Waals surface area contributed by atoms with E-state index in [1.807, 2.05) is 36.1 Å². The molecule has 142 valence electrons. The number of anilines is 2. The Kier molecular flexibility index (Phi) is 6.35. The Morgan fingerprint density at radius 2 is 1.59 bits per heavy atom. The lowest BCUT2D eigenvalue weighted by molar-refractivity contribution is -0.131. The molecule has 1 saturated heterocycles. The van der Waals surface area contributed by atoms with Gasteiger partial charge in [0.2, 0.25) is 5.91 Å². The number of hydrogen-bond donors (Lipinski definition) is 1. The van der Waals surface area contributed by atoms with Gasteiger partial charge in [-0.1, -0.05) is 18.5 Å². The molecular weight excluding hydrogens is 362 g/mol. The molecule has 2 amide bonds. The molecule has 1 aliphatic rings. The lowest BCUT2D eigenvalue weighted by Crippen LogP contribution is -2.48. The molecule has 3 rings (SSSR count). The van der Waals surface area contributed by atoms with Gasteiger partial charge >= 0.3 is 0 Å². The molecule has 0 aromatic heterocycles. The summed E-state index contributed by atoms with van der Waals surface area (Å²) in [6.45, 7) is 5.20. The molecular formula is C21H24ClN3O2. The van der Waals surface area contributed by atoms with Crippen LogP contribution in [0.3, 0.4) is 0 Å².